The Morgan fingerprint density at radius 3 is 2.11 bits per heavy atom. The second-order valence-corrected chi connectivity index (χ2v) is 6.14. The summed E-state index contributed by atoms with van der Waals surface area (Å²) in [6.45, 7) is 0. The lowest BCUT2D eigenvalue weighted by Gasteiger charge is -2.16. The fraction of sp³-hybridized carbons (Fsp3) is 0.211. The van der Waals surface area contributed by atoms with Gasteiger partial charge in [0.25, 0.3) is 0 Å². The van der Waals surface area contributed by atoms with Crippen LogP contribution >= 0.6 is 0 Å². The summed E-state index contributed by atoms with van der Waals surface area (Å²) in [5.41, 5.74) is 3.53. The predicted molar refractivity (Wildman–Crippen MR) is 92.0 cm³/mol. The first-order valence-corrected chi connectivity index (χ1v) is 7.99. The molecule has 1 heterocycles. The Labute approximate surface area is 155 Å². The zero-order valence-electron chi connectivity index (χ0n) is 14.4. The Morgan fingerprint density at radius 2 is 1.57 bits per heavy atom. The molecule has 2 N–H and O–H groups in total. The highest BCUT2D eigenvalue weighted by atomic mass is 19.4. The fourth-order valence-corrected chi connectivity index (χ4v) is 2.83. The average molecular weight is 400 g/mol. The van der Waals surface area contributed by atoms with Gasteiger partial charge in [-0.05, 0) is 41.5 Å². The third kappa shape index (κ3) is 3.97. The minimum atomic E-state index is -4.98. The second-order valence-electron chi connectivity index (χ2n) is 6.14. The molecule has 0 aliphatic carbocycles. The molecule has 3 rings (SSSR count). The van der Waals surface area contributed by atoms with Gasteiger partial charge in [0.05, 0.1) is 23.8 Å². The number of halogens is 6. The van der Waals surface area contributed by atoms with Crippen molar-refractivity contribution in [2.24, 2.45) is 0 Å². The zero-order chi connectivity index (χ0) is 20.7. The van der Waals surface area contributed by atoms with Gasteiger partial charge >= 0.3 is 12.4 Å². The maximum Gasteiger partial charge on any atom is 0.417 e. The normalized spacial score (nSPS) is 12.4. The maximum absolute atomic E-state index is 13.4. The first-order chi connectivity index (χ1) is 13.0. The van der Waals surface area contributed by atoms with E-state index in [-0.39, 0.29) is 23.9 Å². The van der Waals surface area contributed by atoms with Crippen LogP contribution < -0.4 is 10.5 Å². The van der Waals surface area contributed by atoms with E-state index in [0.29, 0.717) is 11.8 Å². The molecule has 0 saturated carbocycles. The Hall–Kier alpha value is -2.97. The molecule has 0 bridgehead atoms. The number of anilines is 1. The number of nitrogens with two attached hydrogens (primary N) is 1. The zero-order valence-corrected chi connectivity index (χ0v) is 14.4. The number of alkyl halides is 6. The molecule has 148 valence electrons. The molecule has 0 aliphatic heterocycles. The summed E-state index contributed by atoms with van der Waals surface area (Å²) in [4.78, 5) is 3.81. The van der Waals surface area contributed by atoms with Gasteiger partial charge < -0.3 is 10.5 Å². The maximum atomic E-state index is 13.4. The standard InChI is InChI=1S/C19H14F6N2O/c1-28-13-4-2-10(3-5-13)6-11-7-14-15(19(23,24)25)8-12(18(20,21)22)9-16(14)27-17(11)26/h2-5,7-9H,6H2,1H3,(H2,26,27). The van der Waals surface area contributed by atoms with E-state index in [1.54, 1.807) is 24.3 Å². The lowest BCUT2D eigenvalue weighted by Crippen LogP contribution is -2.12. The number of benzene rings is 2. The molecule has 0 spiro atoms. The summed E-state index contributed by atoms with van der Waals surface area (Å²) in [6.07, 6.45) is -9.75. The summed E-state index contributed by atoms with van der Waals surface area (Å²) in [5.74, 6) is 0.475. The van der Waals surface area contributed by atoms with Gasteiger partial charge in [0.15, 0.2) is 0 Å². The molecule has 0 amide bonds. The lowest BCUT2D eigenvalue weighted by atomic mass is 9.99. The van der Waals surface area contributed by atoms with E-state index in [1.807, 2.05) is 0 Å². The molecule has 0 radical (unpaired) electrons. The van der Waals surface area contributed by atoms with Crippen LogP contribution in [0.4, 0.5) is 32.2 Å². The van der Waals surface area contributed by atoms with Gasteiger partial charge in [-0.1, -0.05) is 12.1 Å². The quantitative estimate of drug-likeness (QED) is 0.595. The van der Waals surface area contributed by atoms with Gasteiger partial charge in [0.2, 0.25) is 0 Å². The van der Waals surface area contributed by atoms with Crippen molar-refractivity contribution in [1.82, 2.24) is 4.98 Å². The van der Waals surface area contributed by atoms with E-state index >= 15 is 0 Å². The SMILES string of the molecule is COc1ccc(Cc2cc3c(C(F)(F)F)cc(C(F)(F)F)cc3nc2N)cc1. The van der Waals surface area contributed by atoms with Crippen molar-refractivity contribution >= 4 is 16.7 Å². The molecule has 0 saturated heterocycles. The smallest absolute Gasteiger partial charge is 0.417 e. The lowest BCUT2D eigenvalue weighted by molar-refractivity contribution is -0.142. The minimum absolute atomic E-state index is 0.0946. The Kier molecular flexibility index (Phi) is 4.86. The number of pyridine rings is 1. The minimum Gasteiger partial charge on any atom is -0.497 e. The van der Waals surface area contributed by atoms with Crippen LogP contribution in [-0.4, -0.2) is 12.1 Å². The number of hydrogen-bond acceptors (Lipinski definition) is 3. The van der Waals surface area contributed by atoms with E-state index in [0.717, 1.165) is 11.6 Å². The van der Waals surface area contributed by atoms with Crippen molar-refractivity contribution in [2.45, 2.75) is 18.8 Å². The predicted octanol–water partition coefficient (Wildman–Crippen LogP) is 5.45. The molecule has 3 nitrogen and oxygen atoms in total. The van der Waals surface area contributed by atoms with Gasteiger partial charge in [-0.3, -0.25) is 0 Å². The summed E-state index contributed by atoms with van der Waals surface area (Å²) < 4.78 is 84.1. The number of nitrogen functional groups attached to an aromatic ring is 1. The summed E-state index contributed by atoms with van der Waals surface area (Å²) in [5, 5.41) is -0.432. The molecule has 0 unspecified atom stereocenters. The Balaban J connectivity index is 2.14. The van der Waals surface area contributed by atoms with Crippen molar-refractivity contribution in [3.63, 3.8) is 0 Å². The van der Waals surface area contributed by atoms with Gasteiger partial charge in [0, 0.05) is 11.8 Å². The number of methoxy groups -OCH3 is 1. The van der Waals surface area contributed by atoms with Crippen molar-refractivity contribution in [3.05, 3.63) is 64.7 Å². The first-order valence-electron chi connectivity index (χ1n) is 7.99. The fourth-order valence-electron chi connectivity index (χ4n) is 2.83. The van der Waals surface area contributed by atoms with Crippen molar-refractivity contribution in [1.29, 1.82) is 0 Å². The van der Waals surface area contributed by atoms with E-state index in [9.17, 15) is 26.3 Å². The summed E-state index contributed by atoms with van der Waals surface area (Å²) in [7, 11) is 1.49. The molecule has 28 heavy (non-hydrogen) atoms. The molecule has 2 aromatic carbocycles. The monoisotopic (exact) mass is 400 g/mol. The molecular weight excluding hydrogens is 386 g/mol. The Bertz CT molecular complexity index is 1010. The van der Waals surface area contributed by atoms with E-state index < -0.39 is 34.4 Å². The van der Waals surface area contributed by atoms with Crippen LogP contribution in [-0.2, 0) is 18.8 Å². The molecule has 1 aromatic heterocycles. The summed E-state index contributed by atoms with van der Waals surface area (Å²) >= 11 is 0. The van der Waals surface area contributed by atoms with Crippen molar-refractivity contribution in [2.75, 3.05) is 12.8 Å². The highest BCUT2D eigenvalue weighted by Crippen LogP contribution is 2.40. The van der Waals surface area contributed by atoms with Crippen LogP contribution in [0.25, 0.3) is 10.9 Å². The highest BCUT2D eigenvalue weighted by molar-refractivity contribution is 5.86. The number of hydrogen-bond donors (Lipinski definition) is 1. The Morgan fingerprint density at radius 1 is 0.929 bits per heavy atom. The number of rotatable bonds is 3. The highest BCUT2D eigenvalue weighted by Gasteiger charge is 2.38. The largest absolute Gasteiger partial charge is 0.497 e. The molecule has 3 aromatic rings. The van der Waals surface area contributed by atoms with E-state index in [1.165, 1.54) is 7.11 Å². The van der Waals surface area contributed by atoms with Gasteiger partial charge in [0.1, 0.15) is 11.6 Å². The van der Waals surface area contributed by atoms with Crippen LogP contribution in [0.2, 0.25) is 0 Å². The van der Waals surface area contributed by atoms with Crippen LogP contribution in [0, 0.1) is 0 Å². The number of aromatic nitrogens is 1. The van der Waals surface area contributed by atoms with Crippen LogP contribution in [0.15, 0.2) is 42.5 Å². The first kappa shape index (κ1) is 19.8. The number of nitrogens with zero attached hydrogens (tertiary/aromatic N) is 1. The summed E-state index contributed by atoms with van der Waals surface area (Å²) in [6, 6.07) is 8.58. The van der Waals surface area contributed by atoms with E-state index in [2.05, 4.69) is 4.98 Å². The third-order valence-corrected chi connectivity index (χ3v) is 4.23. The molecule has 0 aliphatic rings. The molecular formula is C19H14F6N2O. The topological polar surface area (TPSA) is 48.1 Å². The van der Waals surface area contributed by atoms with E-state index in [4.69, 9.17) is 10.5 Å². The van der Waals surface area contributed by atoms with Gasteiger partial charge in [-0.2, -0.15) is 26.3 Å². The van der Waals surface area contributed by atoms with Gasteiger partial charge in [-0.15, -0.1) is 0 Å². The number of ether oxygens (including phenoxy) is 1. The van der Waals surface area contributed by atoms with Gasteiger partial charge in [-0.25, -0.2) is 4.98 Å². The third-order valence-electron chi connectivity index (χ3n) is 4.23. The van der Waals surface area contributed by atoms with Crippen LogP contribution in [0.3, 0.4) is 0 Å². The number of fused-ring (bicyclic) bond motifs is 1. The van der Waals surface area contributed by atoms with Crippen LogP contribution in [0.1, 0.15) is 22.3 Å². The molecule has 9 heteroatoms. The molecule has 0 atom stereocenters. The average Bonchev–Trinajstić information content (AvgIpc) is 2.60. The second kappa shape index (κ2) is 6.88. The van der Waals surface area contributed by atoms with Crippen LogP contribution in [0.5, 0.6) is 5.75 Å². The molecule has 0 fully saturated rings. The van der Waals surface area contributed by atoms with Crippen molar-refractivity contribution in [3.8, 4) is 5.75 Å². The van der Waals surface area contributed by atoms with Crippen molar-refractivity contribution < 1.29 is 31.1 Å².